The summed E-state index contributed by atoms with van der Waals surface area (Å²) < 4.78 is 0. The Morgan fingerprint density at radius 3 is 2.59 bits per heavy atom. The maximum atomic E-state index is 12.0. The minimum absolute atomic E-state index is 0.0347. The Hall–Kier alpha value is -2.71. The van der Waals surface area contributed by atoms with Crippen molar-refractivity contribution in [3.05, 3.63) is 35.7 Å². The monoisotopic (exact) mass is 476 g/mol. The van der Waals surface area contributed by atoms with Crippen LogP contribution < -0.4 is 20.4 Å². The van der Waals surface area contributed by atoms with Gasteiger partial charge in [-0.2, -0.15) is 4.98 Å². The Kier molecular flexibility index (Phi) is 6.09. The fourth-order valence-electron chi connectivity index (χ4n) is 5.22. The van der Waals surface area contributed by atoms with Gasteiger partial charge in [-0.15, -0.1) is 11.3 Å². The van der Waals surface area contributed by atoms with Crippen LogP contribution in [0.1, 0.15) is 32.1 Å². The summed E-state index contributed by atoms with van der Waals surface area (Å²) in [4.78, 5) is 27.5. The molecule has 3 aromatic rings. The topological polar surface area (TPSA) is 73.4 Å². The summed E-state index contributed by atoms with van der Waals surface area (Å²) in [6.45, 7) is 4.84. The number of nitrogens with one attached hydrogen (secondary N) is 2. The van der Waals surface area contributed by atoms with Gasteiger partial charge in [-0.25, -0.2) is 4.98 Å². The number of benzene rings is 1. The van der Waals surface area contributed by atoms with Crippen LogP contribution in [0.25, 0.3) is 21.3 Å². The van der Waals surface area contributed by atoms with Crippen molar-refractivity contribution >= 4 is 39.2 Å². The van der Waals surface area contributed by atoms with Gasteiger partial charge in [0.1, 0.15) is 10.6 Å². The van der Waals surface area contributed by atoms with Gasteiger partial charge >= 0.3 is 0 Å². The maximum absolute atomic E-state index is 12.0. The van der Waals surface area contributed by atoms with Gasteiger partial charge in [-0.3, -0.25) is 4.79 Å². The van der Waals surface area contributed by atoms with Crippen molar-refractivity contribution in [3.63, 3.8) is 0 Å². The van der Waals surface area contributed by atoms with Crippen LogP contribution in [0, 0.1) is 5.92 Å². The van der Waals surface area contributed by atoms with Crippen LogP contribution in [-0.2, 0) is 4.79 Å². The summed E-state index contributed by atoms with van der Waals surface area (Å²) in [5, 5.41) is 10.0. The molecule has 1 aromatic carbocycles. The van der Waals surface area contributed by atoms with Crippen LogP contribution in [0.2, 0.25) is 0 Å². The minimum atomic E-state index is 0.0347. The van der Waals surface area contributed by atoms with Crippen LogP contribution in [0.4, 0.5) is 11.8 Å². The molecule has 2 aromatic heterocycles. The number of piperidine rings is 1. The van der Waals surface area contributed by atoms with Crippen LogP contribution in [0.3, 0.4) is 0 Å². The Labute approximate surface area is 204 Å². The molecule has 4 heterocycles. The van der Waals surface area contributed by atoms with E-state index in [0.29, 0.717) is 19.0 Å². The van der Waals surface area contributed by atoms with Crippen molar-refractivity contribution in [1.29, 1.82) is 0 Å². The van der Waals surface area contributed by atoms with Crippen molar-refractivity contribution in [3.8, 4) is 11.1 Å². The molecule has 1 amide bonds. The van der Waals surface area contributed by atoms with E-state index in [9.17, 15) is 4.79 Å². The maximum Gasteiger partial charge on any atom is 0.239 e. The third-order valence-electron chi connectivity index (χ3n) is 7.52. The summed E-state index contributed by atoms with van der Waals surface area (Å²) in [5.41, 5.74) is 2.40. The summed E-state index contributed by atoms with van der Waals surface area (Å²) >= 11 is 1.67. The number of carbonyl (C=O) groups is 1. The van der Waals surface area contributed by atoms with E-state index in [-0.39, 0.29) is 5.91 Å². The van der Waals surface area contributed by atoms with Crippen molar-refractivity contribution in [2.75, 3.05) is 49.1 Å². The van der Waals surface area contributed by atoms with Gasteiger partial charge in [-0.1, -0.05) is 36.8 Å². The molecular formula is C26H32N6OS. The molecule has 6 rings (SSSR count). The second-order valence-corrected chi connectivity index (χ2v) is 10.6. The zero-order chi connectivity index (χ0) is 22.9. The van der Waals surface area contributed by atoms with Crippen molar-refractivity contribution in [1.82, 2.24) is 20.6 Å². The lowest BCUT2D eigenvalue weighted by Crippen LogP contribution is -2.48. The molecule has 2 aliphatic heterocycles. The van der Waals surface area contributed by atoms with E-state index in [4.69, 9.17) is 9.97 Å². The first-order chi connectivity index (χ1) is 16.7. The van der Waals surface area contributed by atoms with Crippen molar-refractivity contribution < 1.29 is 4.79 Å². The highest BCUT2D eigenvalue weighted by Crippen LogP contribution is 2.40. The first-order valence-corrected chi connectivity index (χ1v) is 13.5. The molecule has 0 radical (unpaired) electrons. The number of hydrogen-bond donors (Lipinski definition) is 2. The standard InChI is InChI=1S/C26H32N6OS/c33-22-16-32(14-11-27-22)26-29-24(31-12-9-18(10-13-31)15-28-20-7-4-8-20)23-21(17-34-25(23)30-26)19-5-2-1-3-6-19/h1-3,5-6,17-18,20,28H,4,7-16H2,(H,27,33). The first kappa shape index (κ1) is 21.8. The van der Waals surface area contributed by atoms with Crippen molar-refractivity contribution in [2.24, 2.45) is 5.92 Å². The average molecular weight is 477 g/mol. The Morgan fingerprint density at radius 1 is 1.03 bits per heavy atom. The Morgan fingerprint density at radius 2 is 1.85 bits per heavy atom. The van der Waals surface area contributed by atoms with Crippen LogP contribution in [0.15, 0.2) is 35.7 Å². The molecule has 0 unspecified atom stereocenters. The summed E-state index contributed by atoms with van der Waals surface area (Å²) in [6.07, 6.45) is 6.42. The predicted octanol–water partition coefficient (Wildman–Crippen LogP) is 3.65. The molecule has 0 bridgehead atoms. The quantitative estimate of drug-likeness (QED) is 0.566. The Bertz CT molecular complexity index is 1150. The number of carbonyl (C=O) groups excluding carboxylic acids is 1. The minimum Gasteiger partial charge on any atom is -0.356 e. The van der Waals surface area contributed by atoms with Crippen LogP contribution in [0.5, 0.6) is 0 Å². The molecule has 8 heteroatoms. The van der Waals surface area contributed by atoms with E-state index in [1.165, 1.54) is 43.2 Å². The van der Waals surface area contributed by atoms with E-state index >= 15 is 0 Å². The first-order valence-electron chi connectivity index (χ1n) is 12.6. The molecule has 0 spiro atoms. The molecular weight excluding hydrogens is 444 g/mol. The van der Waals surface area contributed by atoms with Gasteiger partial charge in [0.2, 0.25) is 11.9 Å². The van der Waals surface area contributed by atoms with Crippen molar-refractivity contribution in [2.45, 2.75) is 38.1 Å². The molecule has 34 heavy (non-hydrogen) atoms. The lowest BCUT2D eigenvalue weighted by molar-refractivity contribution is -0.120. The summed E-state index contributed by atoms with van der Waals surface area (Å²) in [6, 6.07) is 11.3. The van der Waals surface area contributed by atoms with E-state index < -0.39 is 0 Å². The van der Waals surface area contributed by atoms with Crippen LogP contribution in [-0.4, -0.2) is 61.2 Å². The van der Waals surface area contributed by atoms with Crippen LogP contribution >= 0.6 is 11.3 Å². The van der Waals surface area contributed by atoms with Gasteiger partial charge in [-0.05, 0) is 43.7 Å². The smallest absolute Gasteiger partial charge is 0.239 e. The lowest BCUT2D eigenvalue weighted by Gasteiger charge is -2.36. The zero-order valence-corrected chi connectivity index (χ0v) is 20.3. The highest BCUT2D eigenvalue weighted by Gasteiger charge is 2.28. The SMILES string of the molecule is O=C1CN(c2nc(N3CCC(CNC4CCC4)CC3)c3c(-c4ccccc4)csc3n2)CCN1. The van der Waals surface area contributed by atoms with E-state index in [1.54, 1.807) is 11.3 Å². The number of anilines is 2. The second-order valence-electron chi connectivity index (χ2n) is 9.78. The van der Waals surface area contributed by atoms with Gasteiger partial charge in [0, 0.05) is 43.2 Å². The molecule has 3 aliphatic rings. The third kappa shape index (κ3) is 4.36. The number of rotatable bonds is 6. The van der Waals surface area contributed by atoms with E-state index in [0.717, 1.165) is 54.2 Å². The molecule has 1 saturated carbocycles. The third-order valence-corrected chi connectivity index (χ3v) is 8.40. The molecule has 1 aliphatic carbocycles. The fraction of sp³-hybridized carbons (Fsp3) is 0.500. The van der Waals surface area contributed by atoms with Gasteiger partial charge in [0.05, 0.1) is 11.9 Å². The molecule has 178 valence electrons. The fourth-order valence-corrected chi connectivity index (χ4v) is 6.15. The highest BCUT2D eigenvalue weighted by molar-refractivity contribution is 7.17. The number of fused-ring (bicyclic) bond motifs is 1. The number of aromatic nitrogens is 2. The average Bonchev–Trinajstić information content (AvgIpc) is 3.28. The molecule has 2 N–H and O–H groups in total. The molecule has 2 saturated heterocycles. The van der Waals surface area contributed by atoms with E-state index in [2.05, 4.69) is 51.2 Å². The second kappa shape index (κ2) is 9.50. The normalized spacial score (nSPS) is 19.9. The van der Waals surface area contributed by atoms with Gasteiger partial charge in [0.25, 0.3) is 0 Å². The highest BCUT2D eigenvalue weighted by atomic mass is 32.1. The predicted molar refractivity (Wildman–Crippen MR) is 139 cm³/mol. The number of piperazine rings is 1. The summed E-state index contributed by atoms with van der Waals surface area (Å²) in [5.74, 6) is 2.46. The van der Waals surface area contributed by atoms with Gasteiger partial charge < -0.3 is 20.4 Å². The Balaban J connectivity index is 1.31. The molecule has 7 nitrogen and oxygen atoms in total. The molecule has 0 atom stereocenters. The largest absolute Gasteiger partial charge is 0.356 e. The number of hydrogen-bond acceptors (Lipinski definition) is 7. The number of nitrogens with zero attached hydrogens (tertiary/aromatic N) is 4. The lowest BCUT2D eigenvalue weighted by atomic mass is 9.91. The van der Waals surface area contributed by atoms with E-state index in [1.807, 2.05) is 4.90 Å². The number of thiophene rings is 1. The zero-order valence-electron chi connectivity index (χ0n) is 19.5. The van der Waals surface area contributed by atoms with Gasteiger partial charge in [0.15, 0.2) is 0 Å². The molecule has 3 fully saturated rings. The summed E-state index contributed by atoms with van der Waals surface area (Å²) in [7, 11) is 0. The number of amides is 1.